The van der Waals surface area contributed by atoms with Gasteiger partial charge in [-0.1, -0.05) is 24.3 Å². The number of ether oxygens (including phenoxy) is 1. The first-order chi connectivity index (χ1) is 11.0. The second-order valence-electron chi connectivity index (χ2n) is 4.64. The van der Waals surface area contributed by atoms with Crippen LogP contribution in [0.1, 0.15) is 26.3 Å². The number of methoxy groups -OCH3 is 1. The Morgan fingerprint density at radius 3 is 2.09 bits per heavy atom. The van der Waals surface area contributed by atoms with Gasteiger partial charge in [0, 0.05) is 5.56 Å². The third kappa shape index (κ3) is 3.83. The van der Waals surface area contributed by atoms with E-state index in [0.717, 1.165) is 0 Å². The van der Waals surface area contributed by atoms with Crippen LogP contribution in [0, 0.1) is 11.3 Å². The molecule has 2 rings (SSSR count). The molecule has 5 heteroatoms. The number of carbonyl (C=O) groups excluding carboxylic acids is 2. The van der Waals surface area contributed by atoms with Gasteiger partial charge in [-0.3, -0.25) is 4.79 Å². The van der Waals surface area contributed by atoms with Crippen LogP contribution in [0.15, 0.2) is 54.1 Å². The van der Waals surface area contributed by atoms with Gasteiger partial charge >= 0.3 is 0 Å². The molecule has 0 spiro atoms. The first-order valence-corrected chi connectivity index (χ1v) is 6.67. The number of benzene rings is 2. The van der Waals surface area contributed by atoms with Gasteiger partial charge in [-0.15, -0.1) is 0 Å². The standard InChI is InChI=1S/C18H13NO4/c1-23-16-8-6-13(7-9-16)17(20)15(11-19)10-12-2-4-14(5-3-12)18(21)22/h2-10H,1H3,(H,21,22)/p-1/b15-10+. The molecule has 0 saturated carbocycles. The molecule has 5 nitrogen and oxygen atoms in total. The summed E-state index contributed by atoms with van der Waals surface area (Å²) in [6.07, 6.45) is 1.41. The van der Waals surface area contributed by atoms with Crippen molar-refractivity contribution in [2.45, 2.75) is 0 Å². The zero-order valence-electron chi connectivity index (χ0n) is 12.3. The highest BCUT2D eigenvalue weighted by Gasteiger charge is 2.12. The van der Waals surface area contributed by atoms with E-state index >= 15 is 0 Å². The average molecular weight is 306 g/mol. The predicted molar refractivity (Wildman–Crippen MR) is 81.7 cm³/mol. The highest BCUT2D eigenvalue weighted by molar-refractivity contribution is 6.14. The number of rotatable bonds is 5. The summed E-state index contributed by atoms with van der Waals surface area (Å²) in [7, 11) is 1.52. The highest BCUT2D eigenvalue weighted by atomic mass is 16.5. The van der Waals surface area contributed by atoms with Gasteiger partial charge < -0.3 is 14.6 Å². The van der Waals surface area contributed by atoms with Crippen LogP contribution in [0.5, 0.6) is 5.75 Å². The van der Waals surface area contributed by atoms with Gasteiger partial charge in [-0.05, 0) is 41.5 Å². The maximum Gasteiger partial charge on any atom is 0.203 e. The van der Waals surface area contributed by atoms with E-state index in [2.05, 4.69) is 0 Å². The van der Waals surface area contributed by atoms with Crippen LogP contribution in [0.25, 0.3) is 6.08 Å². The normalized spacial score (nSPS) is 10.7. The zero-order valence-corrected chi connectivity index (χ0v) is 12.3. The largest absolute Gasteiger partial charge is 0.545 e. The van der Waals surface area contributed by atoms with Crippen LogP contribution in [-0.4, -0.2) is 18.9 Å². The maximum atomic E-state index is 12.3. The lowest BCUT2D eigenvalue weighted by molar-refractivity contribution is -0.255. The number of hydrogen-bond donors (Lipinski definition) is 0. The van der Waals surface area contributed by atoms with Crippen LogP contribution in [-0.2, 0) is 0 Å². The minimum absolute atomic E-state index is 0.0298. The summed E-state index contributed by atoms with van der Waals surface area (Å²) in [6.45, 7) is 0. The van der Waals surface area contributed by atoms with Crippen molar-refractivity contribution in [2.24, 2.45) is 0 Å². The molecule has 0 aromatic heterocycles. The SMILES string of the molecule is COc1ccc(C(=O)/C(C#N)=C/c2ccc(C(=O)[O-])cc2)cc1. The Labute approximate surface area is 133 Å². The van der Waals surface area contributed by atoms with Crippen molar-refractivity contribution in [1.29, 1.82) is 5.26 Å². The lowest BCUT2D eigenvalue weighted by Crippen LogP contribution is -2.21. The molecule has 2 aromatic carbocycles. The molecule has 0 bridgehead atoms. The quantitative estimate of drug-likeness (QED) is 0.477. The second-order valence-corrected chi connectivity index (χ2v) is 4.64. The van der Waals surface area contributed by atoms with Gasteiger partial charge in [0.2, 0.25) is 5.78 Å². The number of nitrogens with zero attached hydrogens (tertiary/aromatic N) is 1. The van der Waals surface area contributed by atoms with Crippen molar-refractivity contribution in [1.82, 2.24) is 0 Å². The third-order valence-corrected chi connectivity index (χ3v) is 3.17. The number of Topliss-reactive ketones (excluding diaryl/α,β-unsaturated/α-hetero) is 1. The van der Waals surface area contributed by atoms with Crippen LogP contribution in [0.4, 0.5) is 0 Å². The molecule has 0 aliphatic carbocycles. The monoisotopic (exact) mass is 306 g/mol. The first-order valence-electron chi connectivity index (χ1n) is 6.67. The van der Waals surface area contributed by atoms with Gasteiger partial charge in [-0.25, -0.2) is 0 Å². The first kappa shape index (κ1) is 16.0. The molecule has 0 fully saturated rings. The van der Waals surface area contributed by atoms with E-state index in [1.165, 1.54) is 37.5 Å². The molecule has 0 atom stereocenters. The molecular formula is C18H12NO4-. The maximum absolute atomic E-state index is 12.3. The lowest BCUT2D eigenvalue weighted by Gasteiger charge is -2.04. The molecule has 0 aliphatic heterocycles. The van der Waals surface area contributed by atoms with Crippen molar-refractivity contribution in [3.63, 3.8) is 0 Å². The van der Waals surface area contributed by atoms with E-state index in [-0.39, 0.29) is 11.1 Å². The van der Waals surface area contributed by atoms with Crippen molar-refractivity contribution < 1.29 is 19.4 Å². The van der Waals surface area contributed by atoms with Gasteiger partial charge in [0.15, 0.2) is 0 Å². The Morgan fingerprint density at radius 1 is 1.04 bits per heavy atom. The third-order valence-electron chi connectivity index (χ3n) is 3.17. The van der Waals surface area contributed by atoms with Gasteiger partial charge in [0.05, 0.1) is 13.1 Å². The summed E-state index contributed by atoms with van der Waals surface area (Å²) in [5, 5.41) is 19.9. The summed E-state index contributed by atoms with van der Waals surface area (Å²) >= 11 is 0. The van der Waals surface area contributed by atoms with Crippen molar-refractivity contribution in [3.8, 4) is 11.8 Å². The molecule has 23 heavy (non-hydrogen) atoms. The Bertz CT molecular complexity index is 796. The Balaban J connectivity index is 2.28. The number of aromatic carboxylic acids is 1. The molecule has 0 amide bonds. The van der Waals surface area contributed by atoms with Crippen molar-refractivity contribution in [2.75, 3.05) is 7.11 Å². The molecular weight excluding hydrogens is 294 g/mol. The molecule has 0 aliphatic rings. The van der Waals surface area contributed by atoms with Crippen LogP contribution >= 0.6 is 0 Å². The average Bonchev–Trinajstić information content (AvgIpc) is 2.59. The molecule has 114 valence electrons. The van der Waals surface area contributed by atoms with E-state index in [9.17, 15) is 20.0 Å². The van der Waals surface area contributed by atoms with Crippen LogP contribution in [0.2, 0.25) is 0 Å². The van der Waals surface area contributed by atoms with Crippen molar-refractivity contribution >= 4 is 17.8 Å². The molecule has 0 unspecified atom stereocenters. The Kier molecular flexibility index (Phi) is 4.90. The number of allylic oxidation sites excluding steroid dienone is 1. The molecule has 0 heterocycles. The molecule has 0 radical (unpaired) electrons. The Hall–Kier alpha value is -3.39. The summed E-state index contributed by atoms with van der Waals surface area (Å²) in [6, 6.07) is 14.0. The number of ketones is 1. The summed E-state index contributed by atoms with van der Waals surface area (Å²) in [4.78, 5) is 23.0. The van der Waals surface area contributed by atoms with E-state index in [4.69, 9.17) is 4.74 Å². The summed E-state index contributed by atoms with van der Waals surface area (Å²) in [5.41, 5.74) is 0.900. The molecule has 0 N–H and O–H groups in total. The molecule has 2 aromatic rings. The number of nitriles is 1. The fraction of sp³-hybridized carbons (Fsp3) is 0.0556. The zero-order chi connectivity index (χ0) is 16.8. The van der Waals surface area contributed by atoms with Crippen LogP contribution in [0.3, 0.4) is 0 Å². The smallest absolute Gasteiger partial charge is 0.203 e. The summed E-state index contributed by atoms with van der Waals surface area (Å²) in [5.74, 6) is -1.09. The number of carbonyl (C=O) groups is 2. The fourth-order valence-electron chi connectivity index (χ4n) is 1.93. The highest BCUT2D eigenvalue weighted by Crippen LogP contribution is 2.16. The molecule has 0 saturated heterocycles. The fourth-order valence-corrected chi connectivity index (χ4v) is 1.93. The Morgan fingerprint density at radius 2 is 1.61 bits per heavy atom. The van der Waals surface area contributed by atoms with E-state index in [1.807, 2.05) is 6.07 Å². The van der Waals surface area contributed by atoms with E-state index in [0.29, 0.717) is 16.9 Å². The topological polar surface area (TPSA) is 90.2 Å². The predicted octanol–water partition coefficient (Wildman–Crippen LogP) is 1.85. The van der Waals surface area contributed by atoms with Gasteiger partial charge in [0.1, 0.15) is 17.4 Å². The minimum Gasteiger partial charge on any atom is -0.545 e. The summed E-state index contributed by atoms with van der Waals surface area (Å²) < 4.78 is 5.02. The van der Waals surface area contributed by atoms with Gasteiger partial charge in [-0.2, -0.15) is 5.26 Å². The van der Waals surface area contributed by atoms with E-state index < -0.39 is 11.8 Å². The van der Waals surface area contributed by atoms with Crippen LogP contribution < -0.4 is 9.84 Å². The second kappa shape index (κ2) is 7.05. The van der Waals surface area contributed by atoms with Crippen molar-refractivity contribution in [3.05, 3.63) is 70.8 Å². The number of hydrogen-bond acceptors (Lipinski definition) is 5. The minimum atomic E-state index is -1.28. The number of carboxylic acid groups (broad SMARTS) is 1. The number of carboxylic acids is 1. The van der Waals surface area contributed by atoms with E-state index in [1.54, 1.807) is 24.3 Å². The van der Waals surface area contributed by atoms with Gasteiger partial charge in [0.25, 0.3) is 0 Å². The lowest BCUT2D eigenvalue weighted by atomic mass is 10.0.